The largest absolute Gasteiger partial charge is 0.394 e. The zero-order valence-electron chi connectivity index (χ0n) is 13.5. The molecule has 1 aromatic carbocycles. The monoisotopic (exact) mass is 313 g/mol. The van der Waals surface area contributed by atoms with E-state index in [0.717, 1.165) is 22.8 Å². The molecule has 0 fully saturated rings. The summed E-state index contributed by atoms with van der Waals surface area (Å²) in [7, 11) is 0. The maximum Gasteiger partial charge on any atom is 0.244 e. The van der Waals surface area contributed by atoms with Gasteiger partial charge >= 0.3 is 0 Å². The van der Waals surface area contributed by atoms with Crippen molar-refractivity contribution in [3.63, 3.8) is 0 Å². The van der Waals surface area contributed by atoms with Gasteiger partial charge in [-0.15, -0.1) is 0 Å². The number of hydrogen-bond acceptors (Lipinski definition) is 4. The molecule has 2 rings (SSSR count). The summed E-state index contributed by atoms with van der Waals surface area (Å²) in [5, 5.41) is 13.9. The molecule has 1 aromatic heterocycles. The zero-order chi connectivity index (χ0) is 16.8. The molecule has 0 radical (unpaired) electrons. The number of nitrogen functional groups attached to an aromatic ring is 1. The third-order valence-electron chi connectivity index (χ3n) is 3.59. The third kappa shape index (κ3) is 4.53. The highest BCUT2D eigenvalue weighted by Gasteiger charge is 2.11. The third-order valence-corrected chi connectivity index (χ3v) is 3.59. The van der Waals surface area contributed by atoms with Gasteiger partial charge in [-0.25, -0.2) is 4.98 Å². The minimum absolute atomic E-state index is 0.0654. The number of fused-ring (bicyclic) bond motifs is 1. The van der Waals surface area contributed by atoms with Crippen LogP contribution in [0, 0.1) is 5.92 Å². The van der Waals surface area contributed by atoms with Crippen molar-refractivity contribution >= 4 is 28.6 Å². The van der Waals surface area contributed by atoms with E-state index >= 15 is 0 Å². The van der Waals surface area contributed by atoms with Gasteiger partial charge in [0.15, 0.2) is 0 Å². The number of nitrogens with one attached hydrogen (secondary N) is 1. The first-order chi connectivity index (χ1) is 11.0. The summed E-state index contributed by atoms with van der Waals surface area (Å²) in [5.41, 5.74) is 6.70. The second kappa shape index (κ2) is 7.74. The zero-order valence-corrected chi connectivity index (χ0v) is 13.5. The van der Waals surface area contributed by atoms with Crippen LogP contribution in [0.25, 0.3) is 16.8 Å². The van der Waals surface area contributed by atoms with Gasteiger partial charge in [-0.2, -0.15) is 0 Å². The second-order valence-electron chi connectivity index (χ2n) is 6.00. The molecule has 0 bridgehead atoms. The number of nitrogens with two attached hydrogens (primary N) is 1. The van der Waals surface area contributed by atoms with Crippen molar-refractivity contribution in [3.8, 4) is 0 Å². The van der Waals surface area contributed by atoms with Crippen LogP contribution in [0.2, 0.25) is 0 Å². The van der Waals surface area contributed by atoms with Gasteiger partial charge in [-0.05, 0) is 23.8 Å². The molecule has 0 aliphatic carbocycles. The van der Waals surface area contributed by atoms with Crippen molar-refractivity contribution in [1.82, 2.24) is 10.3 Å². The molecule has 0 aliphatic rings. The van der Waals surface area contributed by atoms with E-state index in [1.807, 2.05) is 24.3 Å². The van der Waals surface area contributed by atoms with Gasteiger partial charge in [0.1, 0.15) is 5.82 Å². The van der Waals surface area contributed by atoms with Gasteiger partial charge in [0.2, 0.25) is 5.91 Å². The van der Waals surface area contributed by atoms with Crippen molar-refractivity contribution < 1.29 is 9.90 Å². The predicted octanol–water partition coefficient (Wildman–Crippen LogP) is 2.35. The average Bonchev–Trinajstić information content (AvgIpc) is 2.53. The van der Waals surface area contributed by atoms with Crippen LogP contribution in [0.15, 0.2) is 36.5 Å². The van der Waals surface area contributed by atoms with Crippen LogP contribution in [-0.4, -0.2) is 28.6 Å². The lowest BCUT2D eigenvalue weighted by atomic mass is 10.0. The normalized spacial score (nSPS) is 12.9. The molecule has 0 saturated carbocycles. The Morgan fingerprint density at radius 2 is 2.04 bits per heavy atom. The Hall–Kier alpha value is -2.40. The van der Waals surface area contributed by atoms with Gasteiger partial charge in [0.05, 0.1) is 12.6 Å². The first kappa shape index (κ1) is 17.0. The predicted molar refractivity (Wildman–Crippen MR) is 93.7 cm³/mol. The van der Waals surface area contributed by atoms with Crippen molar-refractivity contribution in [2.24, 2.45) is 5.92 Å². The lowest BCUT2D eigenvalue weighted by Crippen LogP contribution is -2.37. The summed E-state index contributed by atoms with van der Waals surface area (Å²) in [4.78, 5) is 16.2. The maximum absolute atomic E-state index is 12.0. The molecule has 23 heavy (non-hydrogen) atoms. The van der Waals surface area contributed by atoms with E-state index in [4.69, 9.17) is 5.73 Å². The van der Waals surface area contributed by atoms with E-state index in [0.29, 0.717) is 11.7 Å². The lowest BCUT2D eigenvalue weighted by molar-refractivity contribution is -0.117. The first-order valence-corrected chi connectivity index (χ1v) is 7.74. The molecule has 0 aliphatic heterocycles. The van der Waals surface area contributed by atoms with Gasteiger partial charge in [-0.3, -0.25) is 4.79 Å². The molecule has 5 nitrogen and oxygen atoms in total. The topological polar surface area (TPSA) is 88.2 Å². The van der Waals surface area contributed by atoms with Gasteiger partial charge in [0, 0.05) is 23.2 Å². The van der Waals surface area contributed by atoms with E-state index in [1.54, 1.807) is 12.3 Å². The number of nitrogens with zero attached hydrogens (tertiary/aromatic N) is 1. The molecule has 4 N–H and O–H groups in total. The van der Waals surface area contributed by atoms with Crippen LogP contribution in [0.4, 0.5) is 5.82 Å². The quantitative estimate of drug-likeness (QED) is 0.714. The Balaban J connectivity index is 2.14. The SMILES string of the molecule is CC(C)CC(CO)NC(=O)C=Cc1cnc(N)c2ccccc12. The highest BCUT2D eigenvalue weighted by atomic mass is 16.3. The molecule has 0 saturated heterocycles. The summed E-state index contributed by atoms with van der Waals surface area (Å²) in [6.45, 7) is 4.04. The fourth-order valence-corrected chi connectivity index (χ4v) is 2.53. The number of carbonyl (C=O) groups is 1. The number of rotatable bonds is 6. The number of hydrogen-bond donors (Lipinski definition) is 3. The van der Waals surface area contributed by atoms with E-state index in [2.05, 4.69) is 24.1 Å². The van der Waals surface area contributed by atoms with Crippen LogP contribution < -0.4 is 11.1 Å². The van der Waals surface area contributed by atoms with Gasteiger partial charge in [-0.1, -0.05) is 38.1 Å². The summed E-state index contributed by atoms with van der Waals surface area (Å²) in [5.74, 6) is 0.645. The summed E-state index contributed by atoms with van der Waals surface area (Å²) in [6.07, 6.45) is 5.57. The Morgan fingerprint density at radius 3 is 2.70 bits per heavy atom. The molecular formula is C18H23N3O2. The molecule has 122 valence electrons. The van der Waals surface area contributed by atoms with Crippen LogP contribution in [0.5, 0.6) is 0 Å². The lowest BCUT2D eigenvalue weighted by Gasteiger charge is -2.17. The van der Waals surface area contributed by atoms with Crippen molar-refractivity contribution in [1.29, 1.82) is 0 Å². The number of anilines is 1. The molecule has 1 unspecified atom stereocenters. The minimum Gasteiger partial charge on any atom is -0.394 e. The van der Waals surface area contributed by atoms with Gasteiger partial charge in [0.25, 0.3) is 0 Å². The van der Waals surface area contributed by atoms with Crippen molar-refractivity contribution in [2.75, 3.05) is 12.3 Å². The fourth-order valence-electron chi connectivity index (χ4n) is 2.53. The molecule has 1 heterocycles. The van der Waals surface area contributed by atoms with Crippen LogP contribution in [0.3, 0.4) is 0 Å². The van der Waals surface area contributed by atoms with Gasteiger partial charge < -0.3 is 16.2 Å². The summed E-state index contributed by atoms with van der Waals surface area (Å²) < 4.78 is 0. The number of benzene rings is 1. The summed E-state index contributed by atoms with van der Waals surface area (Å²) >= 11 is 0. The molecule has 0 spiro atoms. The number of carbonyl (C=O) groups excluding carboxylic acids is 1. The Kier molecular flexibility index (Phi) is 5.71. The van der Waals surface area contributed by atoms with Crippen LogP contribution in [0.1, 0.15) is 25.8 Å². The van der Waals surface area contributed by atoms with E-state index in [9.17, 15) is 9.90 Å². The second-order valence-corrected chi connectivity index (χ2v) is 6.00. The van der Waals surface area contributed by atoms with E-state index in [-0.39, 0.29) is 18.6 Å². The summed E-state index contributed by atoms with van der Waals surface area (Å²) in [6, 6.07) is 7.44. The Bertz CT molecular complexity index is 710. The molecule has 2 aromatic rings. The van der Waals surface area contributed by atoms with Crippen molar-refractivity contribution in [2.45, 2.75) is 26.3 Å². The number of aliphatic hydroxyl groups excluding tert-OH is 1. The smallest absolute Gasteiger partial charge is 0.244 e. The number of amides is 1. The van der Waals surface area contributed by atoms with Crippen molar-refractivity contribution in [3.05, 3.63) is 42.1 Å². The average molecular weight is 313 g/mol. The van der Waals surface area contributed by atoms with E-state index in [1.165, 1.54) is 6.08 Å². The Labute approximate surface area is 136 Å². The molecular weight excluding hydrogens is 290 g/mol. The number of aromatic nitrogens is 1. The molecule has 1 amide bonds. The van der Waals surface area contributed by atoms with E-state index < -0.39 is 0 Å². The minimum atomic E-state index is -0.231. The van der Waals surface area contributed by atoms with Crippen LogP contribution >= 0.6 is 0 Å². The first-order valence-electron chi connectivity index (χ1n) is 7.74. The molecule has 1 atom stereocenters. The standard InChI is InChI=1S/C18H23N3O2/c1-12(2)9-14(11-22)21-17(23)8-7-13-10-20-18(19)16-6-4-3-5-15(13)16/h3-8,10,12,14,22H,9,11H2,1-2H3,(H2,19,20)(H,21,23). The number of aliphatic hydroxyl groups is 1. The number of pyridine rings is 1. The fraction of sp³-hybridized carbons (Fsp3) is 0.333. The Morgan fingerprint density at radius 1 is 1.35 bits per heavy atom. The molecule has 5 heteroatoms. The van der Waals surface area contributed by atoms with Crippen LogP contribution in [-0.2, 0) is 4.79 Å². The maximum atomic E-state index is 12.0. The highest BCUT2D eigenvalue weighted by molar-refractivity contribution is 5.99. The highest BCUT2D eigenvalue weighted by Crippen LogP contribution is 2.23.